The van der Waals surface area contributed by atoms with Crippen molar-refractivity contribution in [2.24, 2.45) is 0 Å². The number of fused-ring (bicyclic) bond motifs is 1. The molecule has 0 aromatic rings. The summed E-state index contributed by atoms with van der Waals surface area (Å²) in [7, 11) is 1.31. The van der Waals surface area contributed by atoms with Gasteiger partial charge in [-0.15, -0.1) is 0 Å². The predicted molar refractivity (Wildman–Crippen MR) is 108 cm³/mol. The molecule has 30 heavy (non-hydrogen) atoms. The van der Waals surface area contributed by atoms with Crippen molar-refractivity contribution in [3.63, 3.8) is 0 Å². The molecule has 0 aromatic heterocycles. The van der Waals surface area contributed by atoms with E-state index < -0.39 is 46.0 Å². The Morgan fingerprint density at radius 3 is 2.57 bits per heavy atom. The largest absolute Gasteiger partial charge is 0.632 e. The van der Waals surface area contributed by atoms with Crippen LogP contribution in [-0.2, 0) is 23.8 Å². The molecule has 1 saturated heterocycles. The lowest BCUT2D eigenvalue weighted by Gasteiger charge is -2.41. The number of carbonyl (C=O) groups excluding carboxylic acids is 2. The van der Waals surface area contributed by atoms with Gasteiger partial charge in [-0.1, -0.05) is 6.08 Å². The maximum Gasteiger partial charge on any atom is 0.344 e. The highest BCUT2D eigenvalue weighted by molar-refractivity contribution is 5.87. The predicted octanol–water partition coefficient (Wildman–Crippen LogP) is 0.971. The summed E-state index contributed by atoms with van der Waals surface area (Å²) in [5.41, 5.74) is -3.16. The van der Waals surface area contributed by atoms with Crippen LogP contribution in [0.3, 0.4) is 0 Å². The van der Waals surface area contributed by atoms with Gasteiger partial charge in [0.05, 0.1) is 19.2 Å². The summed E-state index contributed by atoms with van der Waals surface area (Å²) in [4.78, 5) is 24.9. The highest BCUT2D eigenvalue weighted by atomic mass is 16.6. The second-order valence-electron chi connectivity index (χ2n) is 8.57. The van der Waals surface area contributed by atoms with Crippen LogP contribution in [0.5, 0.6) is 0 Å². The molecular weight excluding hydrogens is 394 g/mol. The number of ether oxygens (including phenoxy) is 3. The van der Waals surface area contributed by atoms with Crippen LogP contribution in [-0.4, -0.2) is 83.1 Å². The molecule has 2 heterocycles. The molecule has 0 spiro atoms. The van der Waals surface area contributed by atoms with Gasteiger partial charge in [-0.05, 0) is 40.7 Å². The molecule has 170 valence electrons. The van der Waals surface area contributed by atoms with Gasteiger partial charge < -0.3 is 34.3 Å². The number of hydroxylamine groups is 3. The summed E-state index contributed by atoms with van der Waals surface area (Å²) in [5, 5.41) is 34.3. The van der Waals surface area contributed by atoms with Crippen molar-refractivity contribution in [3.05, 3.63) is 28.5 Å². The first-order valence-corrected chi connectivity index (χ1v) is 10.1. The molecule has 2 aliphatic rings. The zero-order valence-corrected chi connectivity index (χ0v) is 18.5. The number of aliphatic hydroxyl groups is 2. The summed E-state index contributed by atoms with van der Waals surface area (Å²) in [5.74, 6) is -1.54. The number of nitrogens with zero attached hydrogens (tertiary/aromatic N) is 1. The number of esters is 2. The molecular formula is C21H33NO8. The van der Waals surface area contributed by atoms with Gasteiger partial charge >= 0.3 is 11.9 Å². The molecule has 9 heteroatoms. The zero-order chi connectivity index (χ0) is 22.9. The third-order valence-corrected chi connectivity index (χ3v) is 6.26. The number of allylic oxidation sites excluding steroid dienone is 1. The lowest BCUT2D eigenvalue weighted by Crippen LogP contribution is -2.63. The van der Waals surface area contributed by atoms with Crippen LogP contribution in [0.25, 0.3) is 0 Å². The Morgan fingerprint density at radius 1 is 1.40 bits per heavy atom. The van der Waals surface area contributed by atoms with E-state index in [0.717, 1.165) is 0 Å². The molecule has 2 N–H and O–H groups in total. The Balaban J connectivity index is 2.14. The molecule has 5 atom stereocenters. The Bertz CT molecular complexity index is 740. The van der Waals surface area contributed by atoms with Crippen LogP contribution in [0.2, 0.25) is 0 Å². The standard InChI is InChI=1S/C21H33NO8/c1-7-13(2)18(23)30-16-9-11-22(27)10-8-15(17(16)22)12-29-19(24)21(26,14(3)28-6)20(4,5)25/h7-8,14,16-17,25-26H,9-12H2,1-6H3/b13-7+/t14-,16-,17-,21+,22?/m1/s1. The van der Waals surface area contributed by atoms with Crippen molar-refractivity contribution >= 4 is 11.9 Å². The first kappa shape index (κ1) is 24.5. The van der Waals surface area contributed by atoms with Gasteiger partial charge in [-0.2, -0.15) is 0 Å². The molecule has 2 rings (SSSR count). The summed E-state index contributed by atoms with van der Waals surface area (Å²) in [6.07, 6.45) is 2.08. The van der Waals surface area contributed by atoms with E-state index in [1.807, 2.05) is 0 Å². The van der Waals surface area contributed by atoms with Crippen LogP contribution in [0.1, 0.15) is 41.0 Å². The summed E-state index contributed by atoms with van der Waals surface area (Å²) in [6, 6.07) is -0.665. The molecule has 1 unspecified atom stereocenters. The molecule has 1 fully saturated rings. The van der Waals surface area contributed by atoms with Crippen LogP contribution in [0, 0.1) is 5.21 Å². The Morgan fingerprint density at radius 2 is 2.03 bits per heavy atom. The van der Waals surface area contributed by atoms with Gasteiger partial charge in [0.2, 0.25) is 5.60 Å². The van der Waals surface area contributed by atoms with Crippen molar-refractivity contribution in [1.29, 1.82) is 0 Å². The molecule has 0 aromatic carbocycles. The maximum atomic E-state index is 13.1. The quantitative estimate of drug-likeness (QED) is 0.193. The van der Waals surface area contributed by atoms with Gasteiger partial charge in [-0.3, -0.25) is 0 Å². The number of carbonyl (C=O) groups is 2. The molecule has 0 amide bonds. The van der Waals surface area contributed by atoms with Crippen LogP contribution in [0.15, 0.2) is 23.3 Å². The number of quaternary nitrogens is 1. The molecule has 2 aliphatic heterocycles. The van der Waals surface area contributed by atoms with E-state index in [2.05, 4.69) is 0 Å². The average molecular weight is 427 g/mol. The minimum Gasteiger partial charge on any atom is -0.632 e. The summed E-state index contributed by atoms with van der Waals surface area (Å²) in [6.45, 7) is 7.62. The van der Waals surface area contributed by atoms with Crippen LogP contribution >= 0.6 is 0 Å². The third kappa shape index (κ3) is 4.31. The van der Waals surface area contributed by atoms with Gasteiger partial charge in [0.25, 0.3) is 0 Å². The smallest absolute Gasteiger partial charge is 0.344 e. The van der Waals surface area contributed by atoms with Gasteiger partial charge in [0.1, 0.15) is 12.2 Å². The monoisotopic (exact) mass is 427 g/mol. The van der Waals surface area contributed by atoms with Crippen molar-refractivity contribution in [2.45, 2.75) is 70.5 Å². The normalized spacial score (nSPS) is 29.6. The van der Waals surface area contributed by atoms with Crippen LogP contribution in [0.4, 0.5) is 0 Å². The van der Waals surface area contributed by atoms with E-state index in [4.69, 9.17) is 14.2 Å². The molecule has 0 aliphatic carbocycles. The van der Waals surface area contributed by atoms with Crippen molar-refractivity contribution in [1.82, 2.24) is 0 Å². The second-order valence-corrected chi connectivity index (χ2v) is 8.57. The van der Waals surface area contributed by atoms with Gasteiger partial charge in [0.15, 0.2) is 12.1 Å². The third-order valence-electron chi connectivity index (χ3n) is 6.26. The van der Waals surface area contributed by atoms with E-state index in [1.54, 1.807) is 26.0 Å². The minimum absolute atomic E-state index is 0.193. The van der Waals surface area contributed by atoms with Crippen molar-refractivity contribution in [2.75, 3.05) is 26.8 Å². The van der Waals surface area contributed by atoms with E-state index >= 15 is 0 Å². The average Bonchev–Trinajstić information content (AvgIpc) is 3.18. The molecule has 9 nitrogen and oxygen atoms in total. The fourth-order valence-electron chi connectivity index (χ4n) is 4.04. The summed E-state index contributed by atoms with van der Waals surface area (Å²) >= 11 is 0. The molecule has 0 bridgehead atoms. The van der Waals surface area contributed by atoms with E-state index in [9.17, 15) is 25.0 Å². The van der Waals surface area contributed by atoms with E-state index in [0.29, 0.717) is 24.1 Å². The highest BCUT2D eigenvalue weighted by Crippen LogP contribution is 2.38. The highest BCUT2D eigenvalue weighted by Gasteiger charge is 2.56. The van der Waals surface area contributed by atoms with Gasteiger partial charge in [-0.25, -0.2) is 9.59 Å². The lowest BCUT2D eigenvalue weighted by atomic mass is 9.81. The van der Waals surface area contributed by atoms with Crippen molar-refractivity contribution < 1.29 is 38.7 Å². The van der Waals surface area contributed by atoms with E-state index in [-0.39, 0.29) is 13.2 Å². The SMILES string of the molecule is C/C=C(\C)C(=O)O[C@@H]1CC[N+]2([O-])CC=C(COC(=O)[C@@](O)([C@@H](C)OC)C(C)(C)O)[C@H]12. The summed E-state index contributed by atoms with van der Waals surface area (Å²) < 4.78 is 15.4. The maximum absolute atomic E-state index is 13.1. The number of rotatable bonds is 8. The molecule has 0 radical (unpaired) electrons. The fourth-order valence-corrected chi connectivity index (χ4v) is 4.04. The Labute approximate surface area is 177 Å². The Hall–Kier alpha value is -1.78. The minimum atomic E-state index is -2.31. The zero-order valence-electron chi connectivity index (χ0n) is 18.5. The van der Waals surface area contributed by atoms with E-state index in [1.165, 1.54) is 27.9 Å². The Kier molecular flexibility index (Phi) is 7.15. The first-order valence-electron chi connectivity index (χ1n) is 10.1. The molecule has 0 saturated carbocycles. The van der Waals surface area contributed by atoms with Crippen molar-refractivity contribution in [3.8, 4) is 0 Å². The number of hydrogen-bond acceptors (Lipinski definition) is 8. The number of methoxy groups -OCH3 is 1. The number of hydrogen-bond donors (Lipinski definition) is 2. The fraction of sp³-hybridized carbons (Fsp3) is 0.714. The first-order chi connectivity index (χ1) is 13.8. The second kappa shape index (κ2) is 8.76. The lowest BCUT2D eigenvalue weighted by molar-refractivity contribution is -0.877. The van der Waals surface area contributed by atoms with Crippen LogP contribution < -0.4 is 0 Å². The topological polar surface area (TPSA) is 125 Å². The van der Waals surface area contributed by atoms with Gasteiger partial charge in [0, 0.05) is 24.7 Å².